The smallest absolute Gasteiger partial charge is 0.393 e. The van der Waals surface area contributed by atoms with E-state index in [0.29, 0.717) is 18.1 Å². The van der Waals surface area contributed by atoms with E-state index < -0.39 is 40.6 Å². The van der Waals surface area contributed by atoms with Crippen molar-refractivity contribution >= 4 is 27.7 Å². The maximum Gasteiger partial charge on any atom is 0.393 e. The number of piperidine rings is 1. The predicted octanol–water partition coefficient (Wildman–Crippen LogP) is 2.66. The number of fused-ring (bicyclic) bond motifs is 1. The van der Waals surface area contributed by atoms with Crippen molar-refractivity contribution in [1.29, 1.82) is 0 Å². The van der Waals surface area contributed by atoms with Crippen LogP contribution < -0.4 is 14.2 Å². The van der Waals surface area contributed by atoms with E-state index >= 15 is 0 Å². The second-order valence-electron chi connectivity index (χ2n) is 7.43. The molecule has 2 aliphatic rings. The number of sulfonamides is 1. The Labute approximate surface area is 183 Å². The molecule has 0 spiro atoms. The zero-order chi connectivity index (χ0) is 22.6. The molecule has 0 saturated carbocycles. The van der Waals surface area contributed by atoms with Crippen molar-refractivity contribution in [2.75, 3.05) is 38.3 Å². The third kappa shape index (κ3) is 5.98. The van der Waals surface area contributed by atoms with Gasteiger partial charge in [-0.15, -0.1) is 0 Å². The first-order chi connectivity index (χ1) is 14.6. The molecule has 0 bridgehead atoms. The van der Waals surface area contributed by atoms with Crippen molar-refractivity contribution in [2.45, 2.75) is 36.4 Å². The van der Waals surface area contributed by atoms with Crippen LogP contribution in [0.2, 0.25) is 0 Å². The molecule has 2 heterocycles. The molecule has 0 aromatic heterocycles. The molecule has 1 N–H and O–H groups in total. The molecule has 1 saturated heterocycles. The third-order valence-electron chi connectivity index (χ3n) is 5.23. The number of hydrogen-bond donors (Lipinski definition) is 1. The standard InChI is InChI=1S/C19H25F3N2O5S2/c1-30-10-6-15(18(25)24-7-2-3-13(12-24)19(20,21)22)23-31(26,27)14-4-5-16-17(11-14)29-9-8-28-16/h4-5,11,13,15,23H,2-3,6-10,12H2,1H3. The Morgan fingerprint density at radius 3 is 2.68 bits per heavy atom. The number of amides is 1. The van der Waals surface area contributed by atoms with Crippen molar-refractivity contribution in [3.63, 3.8) is 0 Å². The highest BCUT2D eigenvalue weighted by molar-refractivity contribution is 7.98. The average Bonchev–Trinajstić information content (AvgIpc) is 2.75. The van der Waals surface area contributed by atoms with Crippen molar-refractivity contribution in [3.8, 4) is 11.5 Å². The van der Waals surface area contributed by atoms with Gasteiger partial charge in [0.25, 0.3) is 0 Å². The van der Waals surface area contributed by atoms with E-state index in [9.17, 15) is 26.4 Å². The number of thioether (sulfide) groups is 1. The Morgan fingerprint density at radius 2 is 2.00 bits per heavy atom. The quantitative estimate of drug-likeness (QED) is 0.643. The normalized spacial score (nSPS) is 20.4. The maximum atomic E-state index is 13.1. The summed E-state index contributed by atoms with van der Waals surface area (Å²) in [6, 6.07) is 2.97. The van der Waals surface area contributed by atoms with Crippen molar-refractivity contribution < 1.29 is 35.9 Å². The van der Waals surface area contributed by atoms with Crippen molar-refractivity contribution in [3.05, 3.63) is 18.2 Å². The molecule has 7 nitrogen and oxygen atoms in total. The highest BCUT2D eigenvalue weighted by atomic mass is 32.2. The highest BCUT2D eigenvalue weighted by Crippen LogP contribution is 2.34. The first-order valence-electron chi connectivity index (χ1n) is 9.88. The number of halogens is 3. The summed E-state index contributed by atoms with van der Waals surface area (Å²) in [4.78, 5) is 14.0. The van der Waals surface area contributed by atoms with Crippen molar-refractivity contribution in [1.82, 2.24) is 9.62 Å². The first kappa shape index (κ1) is 24.0. The molecule has 31 heavy (non-hydrogen) atoms. The van der Waals surface area contributed by atoms with Crippen LogP contribution in [0.5, 0.6) is 11.5 Å². The predicted molar refractivity (Wildman–Crippen MR) is 110 cm³/mol. The van der Waals surface area contributed by atoms with E-state index in [0.717, 1.165) is 4.90 Å². The van der Waals surface area contributed by atoms with E-state index in [1.807, 2.05) is 0 Å². The van der Waals surface area contributed by atoms with Crippen molar-refractivity contribution in [2.24, 2.45) is 5.92 Å². The lowest BCUT2D eigenvalue weighted by molar-refractivity contribution is -0.188. The van der Waals surface area contributed by atoms with Crippen LogP contribution in [0.15, 0.2) is 23.1 Å². The van der Waals surface area contributed by atoms with Gasteiger partial charge in [-0.3, -0.25) is 4.79 Å². The number of carbonyl (C=O) groups is 1. The third-order valence-corrected chi connectivity index (χ3v) is 7.34. The summed E-state index contributed by atoms with van der Waals surface area (Å²) in [6.07, 6.45) is -2.24. The van der Waals surface area contributed by atoms with Gasteiger partial charge in [0.1, 0.15) is 19.3 Å². The van der Waals surface area contributed by atoms with Crippen LogP contribution in [0.4, 0.5) is 13.2 Å². The van der Waals surface area contributed by atoms with Crippen LogP contribution in [0.3, 0.4) is 0 Å². The van der Waals surface area contributed by atoms with Crippen LogP contribution >= 0.6 is 11.8 Å². The molecule has 0 radical (unpaired) electrons. The van der Waals surface area contributed by atoms with Gasteiger partial charge in [-0.05, 0) is 43.4 Å². The van der Waals surface area contributed by atoms with Crippen LogP contribution in [0.1, 0.15) is 19.3 Å². The zero-order valence-electron chi connectivity index (χ0n) is 17.0. The van der Waals surface area contributed by atoms with Gasteiger partial charge in [0, 0.05) is 19.2 Å². The lowest BCUT2D eigenvalue weighted by atomic mass is 9.97. The molecule has 2 aliphatic heterocycles. The Kier molecular flexibility index (Phi) is 7.63. The number of likely N-dealkylation sites (tertiary alicyclic amines) is 1. The molecule has 0 aliphatic carbocycles. The molecule has 12 heteroatoms. The summed E-state index contributed by atoms with van der Waals surface area (Å²) in [5.41, 5.74) is 0. The van der Waals surface area contributed by atoms with E-state index in [2.05, 4.69) is 4.72 Å². The van der Waals surface area contributed by atoms with Gasteiger partial charge in [-0.2, -0.15) is 29.7 Å². The fourth-order valence-corrected chi connectivity index (χ4v) is 5.29. The molecule has 2 atom stereocenters. The zero-order valence-corrected chi connectivity index (χ0v) is 18.6. The Morgan fingerprint density at radius 1 is 1.29 bits per heavy atom. The van der Waals surface area contributed by atoms with Gasteiger partial charge >= 0.3 is 6.18 Å². The number of benzene rings is 1. The van der Waals surface area contributed by atoms with Gasteiger partial charge < -0.3 is 14.4 Å². The fourth-order valence-electron chi connectivity index (χ4n) is 3.58. The largest absolute Gasteiger partial charge is 0.486 e. The maximum absolute atomic E-state index is 13.1. The molecule has 1 aromatic rings. The molecule has 2 unspecified atom stereocenters. The summed E-state index contributed by atoms with van der Waals surface area (Å²) in [5, 5.41) is 0. The summed E-state index contributed by atoms with van der Waals surface area (Å²) >= 11 is 1.42. The molecule has 1 fully saturated rings. The summed E-state index contributed by atoms with van der Waals surface area (Å²) < 4.78 is 78.5. The first-order valence-corrected chi connectivity index (χ1v) is 12.8. The number of nitrogens with zero attached hydrogens (tertiary/aromatic N) is 1. The van der Waals surface area contributed by atoms with Crippen LogP contribution in [0.25, 0.3) is 0 Å². The summed E-state index contributed by atoms with van der Waals surface area (Å²) in [7, 11) is -4.11. The minimum absolute atomic E-state index is 0.0360. The number of rotatable bonds is 7. The fraction of sp³-hybridized carbons (Fsp3) is 0.632. The van der Waals surface area contributed by atoms with E-state index in [1.54, 1.807) is 6.26 Å². The van der Waals surface area contributed by atoms with Gasteiger partial charge in [-0.1, -0.05) is 0 Å². The molecule has 1 aromatic carbocycles. The summed E-state index contributed by atoms with van der Waals surface area (Å²) in [5.74, 6) is -1.06. The van der Waals surface area contributed by atoms with Gasteiger partial charge in [0.2, 0.25) is 15.9 Å². The summed E-state index contributed by atoms with van der Waals surface area (Å²) in [6.45, 7) is 0.363. The average molecular weight is 483 g/mol. The minimum Gasteiger partial charge on any atom is -0.486 e. The van der Waals surface area contributed by atoms with Gasteiger partial charge in [0.15, 0.2) is 11.5 Å². The monoisotopic (exact) mass is 482 g/mol. The second-order valence-corrected chi connectivity index (χ2v) is 10.1. The second kappa shape index (κ2) is 9.86. The van der Waals surface area contributed by atoms with Gasteiger partial charge in [-0.25, -0.2) is 8.42 Å². The number of alkyl halides is 3. The SMILES string of the molecule is CSCCC(NS(=O)(=O)c1ccc2c(c1)OCCO2)C(=O)N1CCCC(C(F)(F)F)C1. The Bertz CT molecular complexity index is 895. The Balaban J connectivity index is 1.78. The molecule has 1 amide bonds. The highest BCUT2D eigenvalue weighted by Gasteiger charge is 2.43. The van der Waals surface area contributed by atoms with Crippen LogP contribution in [0, 0.1) is 5.92 Å². The van der Waals surface area contributed by atoms with Crippen LogP contribution in [-0.2, 0) is 14.8 Å². The van der Waals surface area contributed by atoms with E-state index in [4.69, 9.17) is 9.47 Å². The van der Waals surface area contributed by atoms with Gasteiger partial charge in [0.05, 0.1) is 10.8 Å². The van der Waals surface area contributed by atoms with E-state index in [1.165, 1.54) is 30.0 Å². The number of ether oxygens (including phenoxy) is 2. The topological polar surface area (TPSA) is 84.9 Å². The lowest BCUT2D eigenvalue weighted by Crippen LogP contribution is -2.53. The van der Waals surface area contributed by atoms with Crippen LogP contribution in [-0.4, -0.2) is 69.8 Å². The number of nitrogens with one attached hydrogen (secondary N) is 1. The van der Waals surface area contributed by atoms with E-state index in [-0.39, 0.29) is 43.1 Å². The number of hydrogen-bond acceptors (Lipinski definition) is 6. The molecule has 174 valence electrons. The molecular formula is C19H25F3N2O5S2. The molecule has 3 rings (SSSR count). The lowest BCUT2D eigenvalue weighted by Gasteiger charge is -2.35. The molecular weight excluding hydrogens is 457 g/mol. The minimum atomic E-state index is -4.39. The number of carbonyl (C=O) groups excluding carboxylic acids is 1. The Hall–Kier alpha value is -1.66.